The van der Waals surface area contributed by atoms with Crippen molar-refractivity contribution in [2.24, 2.45) is 5.92 Å². The lowest BCUT2D eigenvalue weighted by Crippen LogP contribution is -2.54. The minimum atomic E-state index is -4.56. The summed E-state index contributed by atoms with van der Waals surface area (Å²) in [6.45, 7) is 5.53. The zero-order chi connectivity index (χ0) is 45.5. The molecule has 3 aromatic carbocycles. The lowest BCUT2D eigenvalue weighted by Gasteiger charge is -2.39. The van der Waals surface area contributed by atoms with Crippen molar-refractivity contribution in [1.29, 1.82) is 0 Å². The lowest BCUT2D eigenvalue weighted by molar-refractivity contribution is -0.138. The van der Waals surface area contributed by atoms with E-state index in [0.29, 0.717) is 44.7 Å². The third-order valence-electron chi connectivity index (χ3n) is 12.7. The zero-order valence-corrected chi connectivity index (χ0v) is 36.2. The quantitative estimate of drug-likeness (QED) is 0.105. The highest BCUT2D eigenvalue weighted by molar-refractivity contribution is 6.23. The molecule has 2 unspecified atom stereocenters. The van der Waals surface area contributed by atoms with Gasteiger partial charge >= 0.3 is 6.18 Å². The second-order valence-corrected chi connectivity index (χ2v) is 17.2. The van der Waals surface area contributed by atoms with E-state index in [1.165, 1.54) is 49.1 Å². The number of benzene rings is 3. The normalized spacial score (nSPS) is 22.4. The van der Waals surface area contributed by atoms with Crippen molar-refractivity contribution in [3.63, 3.8) is 0 Å². The third-order valence-corrected chi connectivity index (χ3v) is 12.7. The van der Waals surface area contributed by atoms with E-state index in [-0.39, 0.29) is 48.8 Å². The van der Waals surface area contributed by atoms with Gasteiger partial charge in [0.1, 0.15) is 18.4 Å². The van der Waals surface area contributed by atoms with Crippen LogP contribution in [0.3, 0.4) is 0 Å². The second-order valence-electron chi connectivity index (χ2n) is 17.2. The number of carbonyl (C=O) groups is 5. The fourth-order valence-electron chi connectivity index (χ4n) is 9.35. The molecule has 2 atom stereocenters. The van der Waals surface area contributed by atoms with Gasteiger partial charge in [-0.15, -0.1) is 0 Å². The molecule has 5 amide bonds. The molecule has 18 heteroatoms. The number of halogens is 3. The van der Waals surface area contributed by atoms with Crippen LogP contribution in [0.15, 0.2) is 60.7 Å². The number of fused-ring (bicyclic) bond motifs is 2. The van der Waals surface area contributed by atoms with Gasteiger partial charge in [-0.25, -0.2) is 0 Å². The van der Waals surface area contributed by atoms with Gasteiger partial charge in [0.05, 0.1) is 61.1 Å². The van der Waals surface area contributed by atoms with E-state index in [2.05, 4.69) is 43.9 Å². The number of piperidine rings is 2. The summed E-state index contributed by atoms with van der Waals surface area (Å²) in [5.41, 5.74) is 2.43. The van der Waals surface area contributed by atoms with Crippen LogP contribution in [0.4, 0.5) is 24.5 Å². The van der Waals surface area contributed by atoms with Gasteiger partial charge < -0.3 is 34.5 Å². The summed E-state index contributed by atoms with van der Waals surface area (Å²) < 4.78 is 63.5. The summed E-state index contributed by atoms with van der Waals surface area (Å²) >= 11 is 0. The summed E-state index contributed by atoms with van der Waals surface area (Å²) in [5.74, 6) is -2.14. The Hall–Kier alpha value is -5.56. The molecule has 0 radical (unpaired) electrons. The molecule has 2 saturated heterocycles. The lowest BCUT2D eigenvalue weighted by atomic mass is 9.85. The molecule has 4 heterocycles. The minimum Gasteiger partial charge on any atom is -0.491 e. The number of amides is 5. The largest absolute Gasteiger partial charge is 0.491 e. The molecule has 0 spiro atoms. The first kappa shape index (κ1) is 46.0. The first-order valence-electron chi connectivity index (χ1n) is 22.5. The van der Waals surface area contributed by atoms with Gasteiger partial charge in [0.25, 0.3) is 17.7 Å². The molecule has 3 aromatic rings. The molecule has 348 valence electrons. The molecule has 5 aliphatic rings. The first-order chi connectivity index (χ1) is 31.4. The smallest absolute Gasteiger partial charge is 0.416 e. The molecular formula is C47H55F3N6O9. The third kappa shape index (κ3) is 11.1. The molecule has 0 aromatic heterocycles. The van der Waals surface area contributed by atoms with E-state index < -0.39 is 53.6 Å². The Bertz CT molecular complexity index is 2230. The van der Waals surface area contributed by atoms with E-state index in [1.807, 2.05) is 0 Å². The number of rotatable bonds is 18. The molecule has 65 heavy (non-hydrogen) atoms. The van der Waals surface area contributed by atoms with Crippen molar-refractivity contribution in [2.75, 3.05) is 69.6 Å². The Labute approximate surface area is 375 Å². The standard InChI is InChI=1S/C47H55F3N6O9/c48-47(49,50)33-6-4-5-32(26-33)42(58)53-46-51-38-25-31(28-54-17-2-1-3-18-54)9-14-39(38)55(46)34-10-7-30(8-11-34)29-64-22-21-62-19-20-63-23-24-65-35-12-13-36-37(27-35)45(61)56(44(36)60)40-15-16-41(57)52-43(40)59/h4-6,9,12-14,25-27,30,34,40,46,51H,1-3,7-8,10-11,15-24,28-29H2,(H,53,58)(H,52,57,59). The van der Waals surface area contributed by atoms with Crippen LogP contribution in [0, 0.1) is 5.92 Å². The summed E-state index contributed by atoms with van der Waals surface area (Å²) in [6.07, 6.45) is 2.10. The van der Waals surface area contributed by atoms with Crippen LogP contribution in [0.5, 0.6) is 5.75 Å². The van der Waals surface area contributed by atoms with Crippen molar-refractivity contribution in [3.8, 4) is 5.75 Å². The topological polar surface area (TPSA) is 168 Å². The van der Waals surface area contributed by atoms with Crippen molar-refractivity contribution in [3.05, 3.63) is 88.5 Å². The van der Waals surface area contributed by atoms with Crippen LogP contribution in [-0.4, -0.2) is 117 Å². The number of nitrogens with zero attached hydrogens (tertiary/aromatic N) is 3. The molecule has 0 bridgehead atoms. The Balaban J connectivity index is 0.736. The first-order valence-corrected chi connectivity index (χ1v) is 22.5. The van der Waals surface area contributed by atoms with E-state index >= 15 is 0 Å². The van der Waals surface area contributed by atoms with E-state index in [9.17, 15) is 37.1 Å². The predicted molar refractivity (Wildman–Crippen MR) is 231 cm³/mol. The maximum Gasteiger partial charge on any atom is 0.416 e. The second kappa shape index (κ2) is 20.7. The SMILES string of the molecule is O=C1CCC(N2C(=O)c3ccc(OCCOCCOCCOCC4CCC(N5c6ccc(CN7CCCCC7)cc6NC5NC(=O)c5cccc(C(F)(F)F)c5)CC4)cc3C2=O)C(=O)N1. The maximum atomic E-state index is 13.5. The number of likely N-dealkylation sites (tertiary alicyclic amines) is 1. The summed E-state index contributed by atoms with van der Waals surface area (Å²) in [5, 5.41) is 8.65. The number of anilines is 2. The van der Waals surface area contributed by atoms with Crippen molar-refractivity contribution < 1.29 is 56.1 Å². The highest BCUT2D eigenvalue weighted by atomic mass is 19.4. The van der Waals surface area contributed by atoms with E-state index in [1.54, 1.807) is 6.07 Å². The highest BCUT2D eigenvalue weighted by Gasteiger charge is 2.45. The van der Waals surface area contributed by atoms with Gasteiger partial charge in [-0.1, -0.05) is 18.6 Å². The van der Waals surface area contributed by atoms with Crippen LogP contribution in [0.1, 0.15) is 100.0 Å². The fraction of sp³-hybridized carbons (Fsp3) is 0.511. The number of carbonyl (C=O) groups excluding carboxylic acids is 5. The van der Waals surface area contributed by atoms with Crippen LogP contribution in [0.25, 0.3) is 0 Å². The van der Waals surface area contributed by atoms with Gasteiger partial charge in [-0.05, 0) is 118 Å². The predicted octanol–water partition coefficient (Wildman–Crippen LogP) is 5.73. The van der Waals surface area contributed by atoms with Crippen molar-refractivity contribution in [1.82, 2.24) is 20.4 Å². The fourth-order valence-corrected chi connectivity index (χ4v) is 9.35. The van der Waals surface area contributed by atoms with Crippen LogP contribution in [0.2, 0.25) is 0 Å². The Morgan fingerprint density at radius 1 is 0.769 bits per heavy atom. The van der Waals surface area contributed by atoms with E-state index in [4.69, 9.17) is 18.9 Å². The van der Waals surface area contributed by atoms with Crippen LogP contribution in [-0.2, 0) is 36.5 Å². The Kier molecular flexibility index (Phi) is 14.7. The highest BCUT2D eigenvalue weighted by Crippen LogP contribution is 2.41. The van der Waals surface area contributed by atoms with Gasteiger partial charge in [-0.3, -0.25) is 39.1 Å². The average molecular weight is 905 g/mol. The summed E-state index contributed by atoms with van der Waals surface area (Å²) in [6, 6.07) is 14.5. The zero-order valence-electron chi connectivity index (χ0n) is 36.2. The van der Waals surface area contributed by atoms with Gasteiger partial charge in [0, 0.05) is 31.2 Å². The van der Waals surface area contributed by atoms with Crippen molar-refractivity contribution in [2.45, 2.75) is 88.9 Å². The van der Waals surface area contributed by atoms with Crippen LogP contribution < -0.4 is 25.6 Å². The number of imide groups is 2. The monoisotopic (exact) mass is 904 g/mol. The molecule has 15 nitrogen and oxygen atoms in total. The van der Waals surface area contributed by atoms with E-state index in [0.717, 1.165) is 73.7 Å². The average Bonchev–Trinajstić information content (AvgIpc) is 3.77. The van der Waals surface area contributed by atoms with Crippen molar-refractivity contribution >= 4 is 40.9 Å². The molecule has 3 N–H and O–H groups in total. The molecule has 4 aliphatic heterocycles. The van der Waals surface area contributed by atoms with Gasteiger partial charge in [0.15, 0.2) is 6.29 Å². The molecular weight excluding hydrogens is 850 g/mol. The summed E-state index contributed by atoms with van der Waals surface area (Å²) in [7, 11) is 0. The Morgan fingerprint density at radius 3 is 2.23 bits per heavy atom. The molecule has 1 saturated carbocycles. The molecule has 8 rings (SSSR count). The molecule has 3 fully saturated rings. The summed E-state index contributed by atoms with van der Waals surface area (Å²) in [4.78, 5) is 68.8. The number of ether oxygens (including phenoxy) is 4. The van der Waals surface area contributed by atoms with Gasteiger partial charge in [0.2, 0.25) is 11.8 Å². The number of nitrogens with one attached hydrogen (secondary N) is 3. The number of hydrogen-bond acceptors (Lipinski definition) is 12. The minimum absolute atomic E-state index is 0.0454. The Morgan fingerprint density at radius 2 is 1.49 bits per heavy atom. The molecule has 1 aliphatic carbocycles. The van der Waals surface area contributed by atoms with Gasteiger partial charge in [-0.2, -0.15) is 13.2 Å². The number of hydrogen-bond donors (Lipinski definition) is 3. The van der Waals surface area contributed by atoms with Crippen LogP contribution >= 0.6 is 0 Å². The maximum absolute atomic E-state index is 13.5. The number of alkyl halides is 3.